The number of esters is 1. The molecule has 5 N–H and O–H groups in total. The van der Waals surface area contributed by atoms with E-state index in [-0.39, 0.29) is 6.42 Å². The molecule has 7 heteroatoms. The Morgan fingerprint density at radius 2 is 1.03 bits per heavy atom. The fraction of sp³-hybridized carbons (Fsp3) is 0.958. The van der Waals surface area contributed by atoms with Crippen molar-refractivity contribution in [2.24, 2.45) is 0 Å². The first-order chi connectivity index (χ1) is 14.9. The van der Waals surface area contributed by atoms with E-state index in [2.05, 4.69) is 6.92 Å². The standard InChI is InChI=1S/C24H48O7/c1-2-3-4-5-6-7-8-9-10-11-12-13-14-15-16-17-22(28)31-19-21(27)24(30)23(29)20(26)18-25/h20-21,23-27,29-30H,2-19H2,1H3/t20-,21+,23-,24-/m1/s1. The molecule has 0 saturated heterocycles. The average molecular weight is 449 g/mol. The lowest BCUT2D eigenvalue weighted by atomic mass is 10.0. The molecule has 0 amide bonds. The van der Waals surface area contributed by atoms with Crippen molar-refractivity contribution in [2.45, 2.75) is 134 Å². The topological polar surface area (TPSA) is 127 Å². The van der Waals surface area contributed by atoms with Crippen molar-refractivity contribution in [3.8, 4) is 0 Å². The molecule has 0 saturated carbocycles. The summed E-state index contributed by atoms with van der Waals surface area (Å²) < 4.78 is 4.90. The number of rotatable bonds is 22. The molecule has 4 atom stereocenters. The lowest BCUT2D eigenvalue weighted by Gasteiger charge is -2.25. The number of hydrogen-bond donors (Lipinski definition) is 5. The maximum Gasteiger partial charge on any atom is 0.305 e. The Morgan fingerprint density at radius 3 is 1.45 bits per heavy atom. The lowest BCUT2D eigenvalue weighted by Crippen LogP contribution is -2.47. The minimum atomic E-state index is -1.71. The van der Waals surface area contributed by atoms with Gasteiger partial charge in [-0.15, -0.1) is 0 Å². The van der Waals surface area contributed by atoms with Crippen LogP contribution in [0.3, 0.4) is 0 Å². The largest absolute Gasteiger partial charge is 0.463 e. The predicted octanol–water partition coefficient (Wildman–Crippen LogP) is 3.23. The van der Waals surface area contributed by atoms with Gasteiger partial charge < -0.3 is 30.3 Å². The van der Waals surface area contributed by atoms with Crippen LogP contribution in [0.15, 0.2) is 0 Å². The van der Waals surface area contributed by atoms with E-state index in [9.17, 15) is 25.2 Å². The molecule has 0 unspecified atom stereocenters. The number of aliphatic hydroxyl groups excluding tert-OH is 5. The Morgan fingerprint density at radius 1 is 0.645 bits per heavy atom. The summed E-state index contributed by atoms with van der Waals surface area (Å²) in [6.07, 6.45) is 12.5. The molecule has 0 rings (SSSR count). The Hall–Kier alpha value is -0.730. The molecule has 0 aliphatic carbocycles. The van der Waals surface area contributed by atoms with E-state index in [1.54, 1.807) is 0 Å². The van der Waals surface area contributed by atoms with Crippen molar-refractivity contribution in [3.05, 3.63) is 0 Å². The van der Waals surface area contributed by atoms with E-state index < -0.39 is 43.6 Å². The highest BCUT2D eigenvalue weighted by molar-refractivity contribution is 5.69. The zero-order valence-electron chi connectivity index (χ0n) is 19.6. The number of ether oxygens (including phenoxy) is 1. The van der Waals surface area contributed by atoms with E-state index in [0.29, 0.717) is 0 Å². The van der Waals surface area contributed by atoms with Gasteiger partial charge in [0.05, 0.1) is 6.61 Å². The summed E-state index contributed by atoms with van der Waals surface area (Å²) in [5, 5.41) is 46.8. The highest BCUT2D eigenvalue weighted by atomic mass is 16.5. The van der Waals surface area contributed by atoms with Gasteiger partial charge in [0.15, 0.2) is 0 Å². The molecule has 0 heterocycles. The number of hydrogen-bond acceptors (Lipinski definition) is 7. The van der Waals surface area contributed by atoms with Gasteiger partial charge in [0.25, 0.3) is 0 Å². The number of carbonyl (C=O) groups excluding carboxylic acids is 1. The minimum Gasteiger partial charge on any atom is -0.463 e. The number of carbonyl (C=O) groups is 1. The van der Waals surface area contributed by atoms with Crippen LogP contribution in [0.5, 0.6) is 0 Å². The molecule has 0 fully saturated rings. The first-order valence-corrected chi connectivity index (χ1v) is 12.4. The first-order valence-electron chi connectivity index (χ1n) is 12.4. The van der Waals surface area contributed by atoms with Crippen molar-refractivity contribution in [1.29, 1.82) is 0 Å². The zero-order valence-corrected chi connectivity index (χ0v) is 19.6. The van der Waals surface area contributed by atoms with Crippen molar-refractivity contribution in [2.75, 3.05) is 13.2 Å². The van der Waals surface area contributed by atoms with Gasteiger partial charge >= 0.3 is 5.97 Å². The average Bonchev–Trinajstić information content (AvgIpc) is 2.78. The minimum absolute atomic E-state index is 0.253. The van der Waals surface area contributed by atoms with E-state index >= 15 is 0 Å². The Bertz CT molecular complexity index is 405. The third kappa shape index (κ3) is 17.5. The van der Waals surface area contributed by atoms with Crippen LogP contribution in [0.4, 0.5) is 0 Å². The zero-order chi connectivity index (χ0) is 23.3. The molecule has 0 aliphatic rings. The number of unbranched alkanes of at least 4 members (excludes halogenated alkanes) is 14. The van der Waals surface area contributed by atoms with Gasteiger partial charge in [0, 0.05) is 6.42 Å². The molecular formula is C24H48O7. The third-order valence-corrected chi connectivity index (χ3v) is 5.72. The summed E-state index contributed by atoms with van der Waals surface area (Å²) in [6, 6.07) is 0. The fourth-order valence-electron chi connectivity index (χ4n) is 3.55. The summed E-state index contributed by atoms with van der Waals surface area (Å²) in [6.45, 7) is 1.04. The van der Waals surface area contributed by atoms with Gasteiger partial charge in [0.1, 0.15) is 31.0 Å². The summed E-state index contributed by atoms with van der Waals surface area (Å²) in [7, 11) is 0. The maximum absolute atomic E-state index is 11.7. The second kappa shape index (κ2) is 21.1. The van der Waals surface area contributed by atoms with Crippen molar-refractivity contribution < 1.29 is 35.1 Å². The maximum atomic E-state index is 11.7. The smallest absolute Gasteiger partial charge is 0.305 e. The molecule has 0 spiro atoms. The highest BCUT2D eigenvalue weighted by Gasteiger charge is 2.30. The van der Waals surface area contributed by atoms with Crippen molar-refractivity contribution in [3.63, 3.8) is 0 Å². The van der Waals surface area contributed by atoms with Gasteiger partial charge in [-0.1, -0.05) is 96.8 Å². The van der Waals surface area contributed by atoms with Crippen LogP contribution in [0, 0.1) is 0 Å². The molecule has 0 radical (unpaired) electrons. The molecule has 0 aliphatic heterocycles. The molecule has 186 valence electrons. The third-order valence-electron chi connectivity index (χ3n) is 5.72. The van der Waals surface area contributed by atoms with E-state index in [1.807, 2.05) is 0 Å². The molecule has 31 heavy (non-hydrogen) atoms. The summed E-state index contributed by atoms with van der Waals surface area (Å²) in [5.41, 5.74) is 0. The Balaban J connectivity index is 3.46. The normalized spacial score (nSPS) is 15.4. The summed E-state index contributed by atoms with van der Waals surface area (Å²) in [4.78, 5) is 11.7. The van der Waals surface area contributed by atoms with Gasteiger partial charge in [0.2, 0.25) is 0 Å². The van der Waals surface area contributed by atoms with Crippen LogP contribution >= 0.6 is 0 Å². The van der Waals surface area contributed by atoms with E-state index in [0.717, 1.165) is 19.3 Å². The van der Waals surface area contributed by atoms with Crippen molar-refractivity contribution in [1.82, 2.24) is 0 Å². The SMILES string of the molecule is CCCCCCCCCCCCCCCCCC(=O)OC[C@H](O)[C@@H](O)[C@H](O)[C@H](O)CO. The number of aliphatic hydroxyl groups is 5. The highest BCUT2D eigenvalue weighted by Crippen LogP contribution is 2.14. The molecule has 0 aromatic carbocycles. The van der Waals surface area contributed by atoms with Crippen LogP contribution in [0.2, 0.25) is 0 Å². The van der Waals surface area contributed by atoms with Gasteiger partial charge in [-0.05, 0) is 6.42 Å². The van der Waals surface area contributed by atoms with Crippen LogP contribution in [-0.2, 0) is 9.53 Å². The summed E-state index contributed by atoms with van der Waals surface area (Å²) >= 11 is 0. The van der Waals surface area contributed by atoms with Crippen LogP contribution in [-0.4, -0.2) is 69.1 Å². The van der Waals surface area contributed by atoms with Crippen molar-refractivity contribution >= 4 is 5.97 Å². The van der Waals surface area contributed by atoms with Gasteiger partial charge in [-0.2, -0.15) is 0 Å². The van der Waals surface area contributed by atoms with Crippen LogP contribution < -0.4 is 0 Å². The van der Waals surface area contributed by atoms with Crippen LogP contribution in [0.1, 0.15) is 110 Å². The first kappa shape index (κ1) is 30.3. The summed E-state index contributed by atoms with van der Waals surface area (Å²) in [5.74, 6) is -0.460. The van der Waals surface area contributed by atoms with Gasteiger partial charge in [-0.25, -0.2) is 0 Å². The fourth-order valence-corrected chi connectivity index (χ4v) is 3.55. The second-order valence-corrected chi connectivity index (χ2v) is 8.68. The monoisotopic (exact) mass is 448 g/mol. The quantitative estimate of drug-likeness (QED) is 0.127. The molecule has 0 aromatic heterocycles. The molecular weight excluding hydrogens is 400 g/mol. The van der Waals surface area contributed by atoms with Gasteiger partial charge in [-0.3, -0.25) is 4.79 Å². The van der Waals surface area contributed by atoms with E-state index in [1.165, 1.54) is 77.0 Å². The Kier molecular flexibility index (Phi) is 20.6. The molecule has 0 aromatic rings. The Labute approximate surface area is 188 Å². The molecule has 7 nitrogen and oxygen atoms in total. The lowest BCUT2D eigenvalue weighted by molar-refractivity contribution is -0.156. The predicted molar refractivity (Wildman–Crippen MR) is 122 cm³/mol. The van der Waals surface area contributed by atoms with E-state index in [4.69, 9.17) is 9.84 Å². The molecule has 0 bridgehead atoms. The second-order valence-electron chi connectivity index (χ2n) is 8.68. The van der Waals surface area contributed by atoms with Crippen LogP contribution in [0.25, 0.3) is 0 Å².